The highest BCUT2D eigenvalue weighted by Crippen LogP contribution is 2.21. The number of fused-ring (bicyclic) bond motifs is 2. The molecule has 0 fully saturated rings. The first-order valence-corrected chi connectivity index (χ1v) is 7.62. The van der Waals surface area contributed by atoms with Gasteiger partial charge in [-0.2, -0.15) is 0 Å². The first-order chi connectivity index (χ1) is 11.6. The van der Waals surface area contributed by atoms with E-state index in [0.29, 0.717) is 22.0 Å². The van der Waals surface area contributed by atoms with E-state index in [-0.39, 0.29) is 11.5 Å². The number of carbonyl (C=O) groups is 1. The molecule has 0 saturated carbocycles. The molecule has 2 N–H and O–H groups in total. The number of nitrogens with zero attached hydrogens (tertiary/aromatic N) is 1. The molecule has 118 valence electrons. The Kier molecular flexibility index (Phi) is 3.20. The molecular formula is C19H15N3O2. The molecule has 1 aromatic carbocycles. The molecule has 0 spiro atoms. The molecule has 0 atom stereocenters. The second kappa shape index (κ2) is 5.38. The van der Waals surface area contributed by atoms with Crippen LogP contribution in [0.4, 0.5) is 5.69 Å². The predicted octanol–water partition coefficient (Wildman–Crippen LogP) is 3.34. The van der Waals surface area contributed by atoms with Crippen molar-refractivity contribution in [1.82, 2.24) is 9.38 Å². The first-order valence-electron chi connectivity index (χ1n) is 7.62. The Morgan fingerprint density at radius 1 is 1.08 bits per heavy atom. The predicted molar refractivity (Wildman–Crippen MR) is 94.7 cm³/mol. The van der Waals surface area contributed by atoms with Crippen molar-refractivity contribution in [1.29, 1.82) is 0 Å². The van der Waals surface area contributed by atoms with E-state index in [9.17, 15) is 9.59 Å². The van der Waals surface area contributed by atoms with Gasteiger partial charge in [-0.3, -0.25) is 9.59 Å². The van der Waals surface area contributed by atoms with Crippen LogP contribution in [0.2, 0.25) is 0 Å². The molecule has 24 heavy (non-hydrogen) atoms. The van der Waals surface area contributed by atoms with E-state index in [1.54, 1.807) is 42.7 Å². The quantitative estimate of drug-likeness (QED) is 0.595. The maximum absolute atomic E-state index is 12.6. The highest BCUT2D eigenvalue weighted by atomic mass is 16.1. The van der Waals surface area contributed by atoms with Crippen LogP contribution in [-0.4, -0.2) is 15.3 Å². The summed E-state index contributed by atoms with van der Waals surface area (Å²) in [5.41, 5.74) is 3.18. The monoisotopic (exact) mass is 317 g/mol. The maximum Gasteiger partial charge on any atom is 0.257 e. The zero-order chi connectivity index (χ0) is 16.7. The van der Waals surface area contributed by atoms with Gasteiger partial charge in [-0.25, -0.2) is 0 Å². The Morgan fingerprint density at radius 2 is 1.96 bits per heavy atom. The molecule has 5 nitrogen and oxygen atoms in total. The SMILES string of the molecule is Cc1cc2ccc(C(=O)Nc3cccc4c(=O)[nH]ccc34)cn2c1. The van der Waals surface area contributed by atoms with E-state index in [4.69, 9.17) is 0 Å². The fraction of sp³-hybridized carbons (Fsp3) is 0.0526. The average molecular weight is 317 g/mol. The minimum absolute atomic E-state index is 0.173. The second-order valence-corrected chi connectivity index (χ2v) is 5.80. The number of amides is 1. The molecule has 0 unspecified atom stereocenters. The Bertz CT molecular complexity index is 1140. The van der Waals surface area contributed by atoms with Gasteiger partial charge in [-0.05, 0) is 48.9 Å². The van der Waals surface area contributed by atoms with Gasteiger partial charge in [-0.1, -0.05) is 6.07 Å². The van der Waals surface area contributed by atoms with Crippen LogP contribution >= 0.6 is 0 Å². The summed E-state index contributed by atoms with van der Waals surface area (Å²) >= 11 is 0. The summed E-state index contributed by atoms with van der Waals surface area (Å²) < 4.78 is 1.93. The Morgan fingerprint density at radius 3 is 2.83 bits per heavy atom. The van der Waals surface area contributed by atoms with E-state index in [1.807, 2.05) is 23.6 Å². The Hall–Kier alpha value is -3.34. The number of hydrogen-bond acceptors (Lipinski definition) is 2. The zero-order valence-electron chi connectivity index (χ0n) is 13.0. The summed E-state index contributed by atoms with van der Waals surface area (Å²) in [5, 5.41) is 4.16. The smallest absolute Gasteiger partial charge is 0.257 e. The molecule has 5 heteroatoms. The van der Waals surface area contributed by atoms with Gasteiger partial charge in [0.1, 0.15) is 0 Å². The molecule has 0 aliphatic carbocycles. The lowest BCUT2D eigenvalue weighted by atomic mass is 10.1. The number of aromatic amines is 1. The van der Waals surface area contributed by atoms with Crippen LogP contribution in [0.15, 0.2) is 65.8 Å². The molecule has 3 heterocycles. The van der Waals surface area contributed by atoms with Crippen molar-refractivity contribution in [3.63, 3.8) is 0 Å². The summed E-state index contributed by atoms with van der Waals surface area (Å²) in [6.45, 7) is 2.01. The van der Waals surface area contributed by atoms with E-state index in [1.165, 1.54) is 0 Å². The van der Waals surface area contributed by atoms with Crippen molar-refractivity contribution in [2.45, 2.75) is 6.92 Å². The maximum atomic E-state index is 12.6. The van der Waals surface area contributed by atoms with Gasteiger partial charge in [0.15, 0.2) is 0 Å². The van der Waals surface area contributed by atoms with Crippen LogP contribution in [0.5, 0.6) is 0 Å². The van der Waals surface area contributed by atoms with Crippen LogP contribution in [0, 0.1) is 6.92 Å². The van der Waals surface area contributed by atoms with Crippen molar-refractivity contribution in [3.8, 4) is 0 Å². The van der Waals surface area contributed by atoms with Crippen LogP contribution in [0.3, 0.4) is 0 Å². The van der Waals surface area contributed by atoms with Gasteiger partial charge in [0.25, 0.3) is 11.5 Å². The molecule has 4 aromatic rings. The van der Waals surface area contributed by atoms with Gasteiger partial charge in [0, 0.05) is 40.6 Å². The van der Waals surface area contributed by atoms with E-state index < -0.39 is 0 Å². The van der Waals surface area contributed by atoms with Crippen LogP contribution < -0.4 is 10.9 Å². The molecule has 1 amide bonds. The van der Waals surface area contributed by atoms with Crippen molar-refractivity contribution >= 4 is 27.9 Å². The number of aryl methyl sites for hydroxylation is 1. The number of pyridine rings is 2. The van der Waals surface area contributed by atoms with Crippen molar-refractivity contribution in [2.75, 3.05) is 5.32 Å². The van der Waals surface area contributed by atoms with Crippen molar-refractivity contribution in [3.05, 3.63) is 82.5 Å². The Balaban J connectivity index is 1.73. The van der Waals surface area contributed by atoms with Gasteiger partial charge in [0.2, 0.25) is 0 Å². The number of aromatic nitrogens is 2. The molecule has 0 aliphatic rings. The highest BCUT2D eigenvalue weighted by Gasteiger charge is 2.10. The average Bonchev–Trinajstić information content (AvgIpc) is 2.95. The summed E-state index contributed by atoms with van der Waals surface area (Å²) in [7, 11) is 0. The summed E-state index contributed by atoms with van der Waals surface area (Å²) in [5.74, 6) is -0.212. The zero-order valence-corrected chi connectivity index (χ0v) is 13.0. The van der Waals surface area contributed by atoms with E-state index >= 15 is 0 Å². The van der Waals surface area contributed by atoms with Crippen LogP contribution in [-0.2, 0) is 0 Å². The molecule has 0 radical (unpaired) electrons. The summed E-state index contributed by atoms with van der Waals surface area (Å²) in [4.78, 5) is 27.1. The topological polar surface area (TPSA) is 66.4 Å². The largest absolute Gasteiger partial charge is 0.329 e. The van der Waals surface area contributed by atoms with Gasteiger partial charge in [0.05, 0.1) is 5.56 Å². The molecule has 4 rings (SSSR count). The molecule has 0 aliphatic heterocycles. The fourth-order valence-corrected chi connectivity index (χ4v) is 2.91. The fourth-order valence-electron chi connectivity index (χ4n) is 2.91. The lowest BCUT2D eigenvalue weighted by Gasteiger charge is -2.09. The van der Waals surface area contributed by atoms with Crippen LogP contribution in [0.1, 0.15) is 15.9 Å². The van der Waals surface area contributed by atoms with Gasteiger partial charge >= 0.3 is 0 Å². The third-order valence-corrected chi connectivity index (χ3v) is 4.05. The number of nitrogens with one attached hydrogen (secondary N) is 2. The highest BCUT2D eigenvalue weighted by molar-refractivity contribution is 6.09. The number of rotatable bonds is 2. The number of benzene rings is 1. The lowest BCUT2D eigenvalue weighted by Crippen LogP contribution is -2.14. The first kappa shape index (κ1) is 14.3. The van der Waals surface area contributed by atoms with E-state index in [2.05, 4.69) is 16.4 Å². The normalized spacial score (nSPS) is 11.0. The van der Waals surface area contributed by atoms with E-state index in [0.717, 1.165) is 11.1 Å². The molecule has 0 bridgehead atoms. The number of H-pyrrole nitrogens is 1. The minimum Gasteiger partial charge on any atom is -0.329 e. The molecule has 3 aromatic heterocycles. The Labute approximate surface area is 137 Å². The third kappa shape index (κ3) is 2.36. The third-order valence-electron chi connectivity index (χ3n) is 4.05. The molecular weight excluding hydrogens is 302 g/mol. The molecule has 0 saturated heterocycles. The summed E-state index contributed by atoms with van der Waals surface area (Å²) in [6.07, 6.45) is 5.36. The van der Waals surface area contributed by atoms with Crippen LogP contribution in [0.25, 0.3) is 16.3 Å². The number of hydrogen-bond donors (Lipinski definition) is 2. The lowest BCUT2D eigenvalue weighted by molar-refractivity contribution is 0.102. The number of carbonyl (C=O) groups excluding carboxylic acids is 1. The van der Waals surface area contributed by atoms with Gasteiger partial charge < -0.3 is 14.7 Å². The standard InChI is InChI=1S/C19H15N3O2/c1-12-9-14-6-5-13(11-22(14)10-12)18(23)21-17-4-2-3-16-15(17)7-8-20-19(16)24/h2-11H,1H3,(H,20,24)(H,21,23). The van der Waals surface area contributed by atoms with Gasteiger partial charge in [-0.15, -0.1) is 0 Å². The number of anilines is 1. The summed E-state index contributed by atoms with van der Waals surface area (Å²) in [6, 6.07) is 12.8. The van der Waals surface area contributed by atoms with Crippen molar-refractivity contribution in [2.24, 2.45) is 0 Å². The minimum atomic E-state index is -0.212. The second-order valence-electron chi connectivity index (χ2n) is 5.80. The van der Waals surface area contributed by atoms with Crippen molar-refractivity contribution < 1.29 is 4.79 Å².